The van der Waals surface area contributed by atoms with Gasteiger partial charge in [0.05, 0.1) is 22.7 Å². The Labute approximate surface area is 186 Å². The van der Waals surface area contributed by atoms with E-state index in [-0.39, 0.29) is 0 Å². The third-order valence-corrected chi connectivity index (χ3v) is 5.45. The Morgan fingerprint density at radius 3 is 1.90 bits per heavy atom. The second kappa shape index (κ2) is 10.3. The minimum Gasteiger partial charge on any atom is -0.386 e. The Morgan fingerprint density at radius 1 is 0.742 bits per heavy atom. The van der Waals surface area contributed by atoms with Crippen molar-refractivity contribution in [2.75, 3.05) is 66.9 Å². The van der Waals surface area contributed by atoms with Crippen molar-refractivity contribution in [2.45, 2.75) is 20.8 Å². The van der Waals surface area contributed by atoms with Crippen molar-refractivity contribution >= 4 is 39.2 Å². The lowest BCUT2D eigenvalue weighted by Gasteiger charge is -2.39. The predicted octanol–water partition coefficient (Wildman–Crippen LogP) is 5.47. The molecule has 6 nitrogen and oxygen atoms in total. The number of rotatable bonds is 10. The van der Waals surface area contributed by atoms with E-state index in [0.29, 0.717) is 0 Å². The van der Waals surface area contributed by atoms with Crippen LogP contribution >= 0.6 is 0 Å². The summed E-state index contributed by atoms with van der Waals surface area (Å²) >= 11 is 0. The van der Waals surface area contributed by atoms with Crippen LogP contribution < -0.4 is 26.1 Å². The summed E-state index contributed by atoms with van der Waals surface area (Å²) in [5, 5.41) is 14.0. The molecular formula is C25H36N6. The van der Waals surface area contributed by atoms with E-state index in [9.17, 15) is 0 Å². The standard InChI is InChI=1S/C25H36N6/c1-7-27-23-24(31(30(8-2)9-3)28-19-15-11-10-12-16-19)21-18-14-13-17-20(21)22(26-4)25(23)29(5)6/h10-18,26-28H,7-9H2,1-6H3. The molecule has 6 heteroatoms. The van der Waals surface area contributed by atoms with Crippen LogP contribution in [0.4, 0.5) is 28.4 Å². The van der Waals surface area contributed by atoms with Crippen molar-refractivity contribution in [3.8, 4) is 0 Å². The number of fused-ring (bicyclic) bond motifs is 1. The first-order chi connectivity index (χ1) is 15.1. The largest absolute Gasteiger partial charge is 0.386 e. The van der Waals surface area contributed by atoms with Gasteiger partial charge in [0.15, 0.2) is 0 Å². The predicted molar refractivity (Wildman–Crippen MR) is 137 cm³/mol. The Kier molecular flexibility index (Phi) is 7.47. The summed E-state index contributed by atoms with van der Waals surface area (Å²) in [7, 11) is 6.19. The summed E-state index contributed by atoms with van der Waals surface area (Å²) in [6.07, 6.45) is 0. The Balaban J connectivity index is 2.38. The minimum absolute atomic E-state index is 0.826. The zero-order chi connectivity index (χ0) is 22.4. The minimum atomic E-state index is 0.826. The van der Waals surface area contributed by atoms with Gasteiger partial charge in [0, 0.05) is 51.5 Å². The second-order valence-electron chi connectivity index (χ2n) is 7.60. The number of hydrazine groups is 2. The average molecular weight is 421 g/mol. The fraction of sp³-hybridized carbons (Fsp3) is 0.360. The van der Waals surface area contributed by atoms with Crippen LogP contribution in [0.5, 0.6) is 0 Å². The van der Waals surface area contributed by atoms with Crippen LogP contribution in [0.3, 0.4) is 0 Å². The van der Waals surface area contributed by atoms with E-state index in [1.54, 1.807) is 0 Å². The molecule has 0 aliphatic heterocycles. The lowest BCUT2D eigenvalue weighted by atomic mass is 10.0. The first-order valence-corrected chi connectivity index (χ1v) is 11.1. The average Bonchev–Trinajstić information content (AvgIpc) is 2.79. The number of para-hydroxylation sites is 1. The molecule has 31 heavy (non-hydrogen) atoms. The zero-order valence-electron chi connectivity index (χ0n) is 19.7. The molecule has 0 saturated heterocycles. The van der Waals surface area contributed by atoms with Crippen molar-refractivity contribution in [3.63, 3.8) is 0 Å². The van der Waals surface area contributed by atoms with Crippen molar-refractivity contribution in [1.29, 1.82) is 0 Å². The van der Waals surface area contributed by atoms with E-state index >= 15 is 0 Å². The van der Waals surface area contributed by atoms with E-state index < -0.39 is 0 Å². The summed E-state index contributed by atoms with van der Waals surface area (Å²) in [4.78, 5) is 2.18. The van der Waals surface area contributed by atoms with Gasteiger partial charge in [-0.15, -0.1) is 0 Å². The fourth-order valence-corrected chi connectivity index (χ4v) is 4.08. The topological polar surface area (TPSA) is 45.8 Å². The molecule has 0 saturated carbocycles. The molecule has 0 spiro atoms. The normalized spacial score (nSPS) is 10.9. The highest BCUT2D eigenvalue weighted by Gasteiger charge is 2.26. The lowest BCUT2D eigenvalue weighted by Crippen LogP contribution is -2.47. The van der Waals surface area contributed by atoms with Crippen LogP contribution in [0.15, 0.2) is 54.6 Å². The van der Waals surface area contributed by atoms with Gasteiger partial charge in [-0.05, 0) is 19.1 Å². The Bertz CT molecular complexity index is 982. The van der Waals surface area contributed by atoms with Crippen molar-refractivity contribution in [3.05, 3.63) is 54.6 Å². The molecule has 0 atom stereocenters. The summed E-state index contributed by atoms with van der Waals surface area (Å²) in [6.45, 7) is 9.10. The van der Waals surface area contributed by atoms with Crippen LogP contribution in [-0.2, 0) is 0 Å². The van der Waals surface area contributed by atoms with Crippen molar-refractivity contribution < 1.29 is 0 Å². The van der Waals surface area contributed by atoms with Gasteiger partial charge in [-0.1, -0.05) is 56.3 Å². The molecule has 0 aliphatic carbocycles. The first kappa shape index (κ1) is 22.6. The molecule has 0 radical (unpaired) electrons. The maximum Gasteiger partial charge on any atom is 0.109 e. The maximum atomic E-state index is 3.67. The molecule has 0 heterocycles. The number of nitrogens with one attached hydrogen (secondary N) is 3. The molecule has 0 bridgehead atoms. The van der Waals surface area contributed by atoms with Crippen molar-refractivity contribution in [2.24, 2.45) is 0 Å². The summed E-state index contributed by atoms with van der Waals surface area (Å²) < 4.78 is 0. The smallest absolute Gasteiger partial charge is 0.109 e. The summed E-state index contributed by atoms with van der Waals surface area (Å²) in [5.41, 5.74) is 9.21. The molecule has 3 aromatic carbocycles. The van der Waals surface area contributed by atoms with E-state index in [4.69, 9.17) is 0 Å². The number of benzene rings is 3. The molecule has 3 N–H and O–H groups in total. The fourth-order valence-electron chi connectivity index (χ4n) is 4.08. The number of anilines is 5. The van der Waals surface area contributed by atoms with Gasteiger partial charge in [0.2, 0.25) is 0 Å². The third-order valence-electron chi connectivity index (χ3n) is 5.45. The van der Waals surface area contributed by atoms with E-state index in [0.717, 1.165) is 48.1 Å². The Hall–Kier alpha value is -3.12. The number of hydrogen-bond donors (Lipinski definition) is 3. The third kappa shape index (κ3) is 4.49. The molecule has 0 aliphatic rings. The maximum absolute atomic E-state index is 3.67. The molecule has 3 rings (SSSR count). The molecule has 0 fully saturated rings. The van der Waals surface area contributed by atoms with Crippen LogP contribution in [0.2, 0.25) is 0 Å². The SMILES string of the molecule is CCNc1c(N(C)C)c(NC)c2ccccc2c1N(Nc1ccccc1)N(CC)CC. The molecule has 166 valence electrons. The van der Waals surface area contributed by atoms with Crippen LogP contribution in [0.25, 0.3) is 10.8 Å². The van der Waals surface area contributed by atoms with E-state index in [2.05, 4.69) is 114 Å². The monoisotopic (exact) mass is 420 g/mol. The highest BCUT2D eigenvalue weighted by Crippen LogP contribution is 2.48. The number of hydrogen-bond acceptors (Lipinski definition) is 6. The zero-order valence-corrected chi connectivity index (χ0v) is 19.7. The quantitative estimate of drug-likeness (QED) is 0.378. The molecule has 0 unspecified atom stereocenters. The van der Waals surface area contributed by atoms with Crippen LogP contribution in [0, 0.1) is 0 Å². The Morgan fingerprint density at radius 2 is 1.35 bits per heavy atom. The van der Waals surface area contributed by atoms with Gasteiger partial charge in [-0.25, -0.2) is 10.1 Å². The van der Waals surface area contributed by atoms with Crippen LogP contribution in [0.1, 0.15) is 20.8 Å². The molecule has 0 amide bonds. The van der Waals surface area contributed by atoms with Crippen LogP contribution in [-0.4, -0.2) is 45.8 Å². The van der Waals surface area contributed by atoms with Gasteiger partial charge in [0.25, 0.3) is 0 Å². The van der Waals surface area contributed by atoms with E-state index in [1.165, 1.54) is 10.8 Å². The van der Waals surface area contributed by atoms with E-state index in [1.807, 2.05) is 13.1 Å². The number of nitrogens with zero attached hydrogens (tertiary/aromatic N) is 3. The van der Waals surface area contributed by atoms with Gasteiger partial charge in [-0.2, -0.15) is 0 Å². The lowest BCUT2D eigenvalue weighted by molar-refractivity contribution is 0.293. The van der Waals surface area contributed by atoms with Gasteiger partial charge < -0.3 is 15.5 Å². The van der Waals surface area contributed by atoms with Gasteiger partial charge >= 0.3 is 0 Å². The van der Waals surface area contributed by atoms with Crippen molar-refractivity contribution in [1.82, 2.24) is 5.01 Å². The second-order valence-corrected chi connectivity index (χ2v) is 7.60. The highest BCUT2D eigenvalue weighted by molar-refractivity contribution is 6.14. The summed E-state index contributed by atoms with van der Waals surface area (Å²) in [6, 6.07) is 19.0. The van der Waals surface area contributed by atoms with Gasteiger partial charge in [-0.3, -0.25) is 5.43 Å². The highest BCUT2D eigenvalue weighted by atomic mass is 15.8. The van der Waals surface area contributed by atoms with Gasteiger partial charge in [0.1, 0.15) is 5.69 Å². The molecule has 3 aromatic rings. The summed E-state index contributed by atoms with van der Waals surface area (Å²) in [5.74, 6) is 0. The first-order valence-electron chi connectivity index (χ1n) is 11.1. The molecular weight excluding hydrogens is 384 g/mol. The molecule has 0 aromatic heterocycles.